The van der Waals surface area contributed by atoms with Gasteiger partial charge in [-0.2, -0.15) is 0 Å². The molecule has 0 aliphatic rings. The number of alkyl halides is 2. The molecule has 18 heavy (non-hydrogen) atoms. The second-order valence-electron chi connectivity index (χ2n) is 4.02. The highest BCUT2D eigenvalue weighted by molar-refractivity contribution is 6.18. The Hall–Kier alpha value is -0.770. The first-order valence-corrected chi connectivity index (χ1v) is 6.95. The van der Waals surface area contributed by atoms with Crippen LogP contribution in [0.15, 0.2) is 30.3 Å². The number of amides is 1. The van der Waals surface area contributed by atoms with E-state index < -0.39 is 0 Å². The molecule has 0 unspecified atom stereocenters. The highest BCUT2D eigenvalue weighted by Gasteiger charge is 2.23. The Morgan fingerprint density at radius 2 is 1.72 bits per heavy atom. The monoisotopic (exact) mass is 288 g/mol. The van der Waals surface area contributed by atoms with E-state index >= 15 is 0 Å². The standard InChI is InChI=1S/C13H18Cl2N2O/c14-6-8-17(9-7-15)12(13(16)18)10-11-4-2-1-3-5-11/h1-5,12H,6-10H2,(H2,16,18)/t12-/m0/s1. The SMILES string of the molecule is NC(=O)[C@H](Cc1ccccc1)N(CCCl)CCCl. The van der Waals surface area contributed by atoms with Gasteiger partial charge in [-0.3, -0.25) is 9.69 Å². The maximum atomic E-state index is 11.6. The van der Waals surface area contributed by atoms with E-state index in [1.807, 2.05) is 35.2 Å². The largest absolute Gasteiger partial charge is 0.368 e. The Kier molecular flexibility index (Phi) is 7.09. The van der Waals surface area contributed by atoms with Crippen molar-refractivity contribution in [2.45, 2.75) is 12.5 Å². The van der Waals surface area contributed by atoms with Crippen molar-refractivity contribution < 1.29 is 4.79 Å². The number of halogens is 2. The average molecular weight is 289 g/mol. The van der Waals surface area contributed by atoms with E-state index in [1.165, 1.54) is 0 Å². The van der Waals surface area contributed by atoms with Crippen molar-refractivity contribution in [2.24, 2.45) is 5.73 Å². The summed E-state index contributed by atoms with van der Waals surface area (Å²) in [6.45, 7) is 1.21. The van der Waals surface area contributed by atoms with E-state index in [-0.39, 0.29) is 11.9 Å². The lowest BCUT2D eigenvalue weighted by atomic mass is 10.0. The summed E-state index contributed by atoms with van der Waals surface area (Å²) in [7, 11) is 0. The van der Waals surface area contributed by atoms with Crippen molar-refractivity contribution in [1.82, 2.24) is 4.90 Å². The summed E-state index contributed by atoms with van der Waals surface area (Å²) < 4.78 is 0. The van der Waals surface area contributed by atoms with Crippen molar-refractivity contribution in [3.63, 3.8) is 0 Å². The van der Waals surface area contributed by atoms with Crippen molar-refractivity contribution in [2.75, 3.05) is 24.8 Å². The highest BCUT2D eigenvalue weighted by Crippen LogP contribution is 2.09. The van der Waals surface area contributed by atoms with Crippen LogP contribution in [0, 0.1) is 0 Å². The molecule has 0 aromatic heterocycles. The lowest BCUT2D eigenvalue weighted by molar-refractivity contribution is -0.123. The topological polar surface area (TPSA) is 46.3 Å². The maximum Gasteiger partial charge on any atom is 0.235 e. The Morgan fingerprint density at radius 3 is 2.17 bits per heavy atom. The molecule has 3 nitrogen and oxygen atoms in total. The van der Waals surface area contributed by atoms with Gasteiger partial charge in [0.15, 0.2) is 0 Å². The number of benzene rings is 1. The third-order valence-corrected chi connectivity index (χ3v) is 3.12. The Morgan fingerprint density at radius 1 is 1.17 bits per heavy atom. The summed E-state index contributed by atoms with van der Waals surface area (Å²) in [6.07, 6.45) is 0.587. The van der Waals surface area contributed by atoms with Crippen LogP contribution in [0.1, 0.15) is 5.56 Å². The van der Waals surface area contributed by atoms with Crippen LogP contribution in [0.2, 0.25) is 0 Å². The predicted octanol–water partition coefficient (Wildman–Crippen LogP) is 1.86. The normalized spacial score (nSPS) is 12.6. The molecule has 0 saturated carbocycles. The van der Waals surface area contributed by atoms with Gasteiger partial charge in [-0.1, -0.05) is 30.3 Å². The Bertz CT molecular complexity index is 353. The van der Waals surface area contributed by atoms with Gasteiger partial charge in [0.25, 0.3) is 0 Å². The summed E-state index contributed by atoms with van der Waals surface area (Å²) in [6, 6.07) is 9.44. The molecule has 0 aliphatic heterocycles. The van der Waals surface area contributed by atoms with Crippen molar-refractivity contribution in [3.8, 4) is 0 Å². The fourth-order valence-corrected chi connectivity index (χ4v) is 2.32. The Balaban J connectivity index is 2.77. The van der Waals surface area contributed by atoms with Crippen LogP contribution in [-0.2, 0) is 11.2 Å². The number of hydrogen-bond donors (Lipinski definition) is 1. The Labute approximate surface area is 118 Å². The van der Waals surface area contributed by atoms with E-state index in [2.05, 4.69) is 0 Å². The number of hydrogen-bond acceptors (Lipinski definition) is 2. The van der Waals surface area contributed by atoms with Gasteiger partial charge in [0.1, 0.15) is 0 Å². The molecule has 0 saturated heterocycles. The fourth-order valence-electron chi connectivity index (χ4n) is 1.89. The minimum absolute atomic E-state index is 0.339. The molecule has 1 aromatic carbocycles. The number of carbonyl (C=O) groups excluding carboxylic acids is 1. The zero-order valence-electron chi connectivity index (χ0n) is 10.2. The van der Waals surface area contributed by atoms with Gasteiger partial charge in [-0.15, -0.1) is 23.2 Å². The molecule has 1 aromatic rings. The zero-order chi connectivity index (χ0) is 13.4. The second-order valence-corrected chi connectivity index (χ2v) is 4.78. The van der Waals surface area contributed by atoms with E-state index in [9.17, 15) is 4.79 Å². The van der Waals surface area contributed by atoms with Crippen LogP contribution >= 0.6 is 23.2 Å². The van der Waals surface area contributed by atoms with Crippen molar-refractivity contribution in [3.05, 3.63) is 35.9 Å². The first-order valence-electron chi connectivity index (χ1n) is 5.88. The fraction of sp³-hybridized carbons (Fsp3) is 0.462. The number of primary amides is 1. The number of rotatable bonds is 8. The summed E-state index contributed by atoms with van der Waals surface area (Å²) in [5, 5.41) is 0. The van der Waals surface area contributed by atoms with Gasteiger partial charge >= 0.3 is 0 Å². The summed E-state index contributed by atoms with van der Waals surface area (Å²) >= 11 is 11.5. The summed E-state index contributed by atoms with van der Waals surface area (Å²) in [5.41, 5.74) is 6.56. The molecule has 100 valence electrons. The highest BCUT2D eigenvalue weighted by atomic mass is 35.5. The van der Waals surface area contributed by atoms with Crippen molar-refractivity contribution in [1.29, 1.82) is 0 Å². The van der Waals surface area contributed by atoms with Crippen LogP contribution in [0.25, 0.3) is 0 Å². The van der Waals surface area contributed by atoms with Gasteiger partial charge < -0.3 is 5.73 Å². The zero-order valence-corrected chi connectivity index (χ0v) is 11.7. The van der Waals surface area contributed by atoms with E-state index in [4.69, 9.17) is 28.9 Å². The molecule has 5 heteroatoms. The van der Waals surface area contributed by atoms with E-state index in [1.54, 1.807) is 0 Å². The quantitative estimate of drug-likeness (QED) is 0.743. The summed E-state index contributed by atoms with van der Waals surface area (Å²) in [4.78, 5) is 13.5. The lowest BCUT2D eigenvalue weighted by Crippen LogP contribution is -2.47. The average Bonchev–Trinajstić information content (AvgIpc) is 2.37. The van der Waals surface area contributed by atoms with Crippen LogP contribution < -0.4 is 5.73 Å². The first-order chi connectivity index (χ1) is 8.69. The molecule has 0 aliphatic carbocycles. The molecule has 0 spiro atoms. The van der Waals surface area contributed by atoms with Crippen molar-refractivity contribution >= 4 is 29.1 Å². The van der Waals surface area contributed by atoms with E-state index in [0.717, 1.165) is 5.56 Å². The minimum Gasteiger partial charge on any atom is -0.368 e. The number of nitrogens with zero attached hydrogens (tertiary/aromatic N) is 1. The maximum absolute atomic E-state index is 11.6. The molecular weight excluding hydrogens is 271 g/mol. The molecule has 0 radical (unpaired) electrons. The van der Waals surface area contributed by atoms with Crippen LogP contribution in [0.5, 0.6) is 0 Å². The van der Waals surface area contributed by atoms with E-state index in [0.29, 0.717) is 31.3 Å². The first kappa shape index (κ1) is 15.3. The molecule has 2 N–H and O–H groups in total. The lowest BCUT2D eigenvalue weighted by Gasteiger charge is -2.28. The third kappa shape index (κ3) is 4.84. The van der Waals surface area contributed by atoms with Crippen LogP contribution in [0.3, 0.4) is 0 Å². The molecule has 1 amide bonds. The molecular formula is C13H18Cl2N2O. The smallest absolute Gasteiger partial charge is 0.235 e. The minimum atomic E-state index is -0.357. The molecule has 0 bridgehead atoms. The van der Waals surface area contributed by atoms with Gasteiger partial charge in [0.2, 0.25) is 5.91 Å². The van der Waals surface area contributed by atoms with Crippen LogP contribution in [0.4, 0.5) is 0 Å². The molecule has 1 atom stereocenters. The predicted molar refractivity (Wildman–Crippen MR) is 76.1 cm³/mol. The third-order valence-electron chi connectivity index (χ3n) is 2.78. The van der Waals surface area contributed by atoms with Gasteiger partial charge in [-0.05, 0) is 12.0 Å². The van der Waals surface area contributed by atoms with Gasteiger partial charge in [0, 0.05) is 24.8 Å². The van der Waals surface area contributed by atoms with Crippen LogP contribution in [-0.4, -0.2) is 41.7 Å². The molecule has 0 fully saturated rings. The van der Waals surface area contributed by atoms with Gasteiger partial charge in [-0.25, -0.2) is 0 Å². The number of nitrogens with two attached hydrogens (primary N) is 1. The number of carbonyl (C=O) groups is 1. The molecule has 1 rings (SSSR count). The van der Waals surface area contributed by atoms with Gasteiger partial charge in [0.05, 0.1) is 6.04 Å². The summed E-state index contributed by atoms with van der Waals surface area (Å²) in [5.74, 6) is 0.569. The molecule has 0 heterocycles. The second kappa shape index (κ2) is 8.35.